The Morgan fingerprint density at radius 1 is 1.21 bits per heavy atom. The number of rotatable bonds is 5. The molecule has 5 rings (SSSR count). The molecule has 2 aromatic heterocycles. The summed E-state index contributed by atoms with van der Waals surface area (Å²) >= 11 is 0. The number of H-pyrrole nitrogens is 1. The number of aryl methyl sites for hydroxylation is 1. The van der Waals surface area contributed by atoms with Crippen molar-refractivity contribution in [1.29, 1.82) is 0 Å². The van der Waals surface area contributed by atoms with Crippen molar-refractivity contribution in [3.8, 4) is 0 Å². The third-order valence-corrected chi connectivity index (χ3v) is 5.54. The number of para-hydroxylation sites is 1. The fraction of sp³-hybridized carbons (Fsp3) is 0.261. The van der Waals surface area contributed by atoms with Crippen LogP contribution in [-0.4, -0.2) is 32.5 Å². The monoisotopic (exact) mass is 386 g/mol. The third kappa shape index (κ3) is 3.53. The summed E-state index contributed by atoms with van der Waals surface area (Å²) in [6.07, 6.45) is 2.99. The maximum atomic E-state index is 12.5. The van der Waals surface area contributed by atoms with Gasteiger partial charge in [-0.05, 0) is 24.1 Å². The van der Waals surface area contributed by atoms with Crippen LogP contribution >= 0.6 is 0 Å². The predicted molar refractivity (Wildman–Crippen MR) is 109 cm³/mol. The van der Waals surface area contributed by atoms with E-state index in [9.17, 15) is 4.79 Å². The standard InChI is InChI=1S/C23H22N4O2/c1-15-5-4-6-16(9-15)13-27-14-18(11-22(27)28)23-25-21(29-26-23)10-17-12-24-20-8-3-2-7-19(17)20/h2-9,12,18,24H,10-11,13-14H2,1H3. The Kier molecular flexibility index (Phi) is 4.39. The first-order chi connectivity index (χ1) is 14.2. The fourth-order valence-corrected chi connectivity index (χ4v) is 4.08. The molecule has 0 saturated carbocycles. The Balaban J connectivity index is 1.29. The van der Waals surface area contributed by atoms with E-state index in [0.29, 0.717) is 37.6 Å². The largest absolute Gasteiger partial charge is 0.361 e. The molecule has 0 bridgehead atoms. The van der Waals surface area contributed by atoms with E-state index >= 15 is 0 Å². The Morgan fingerprint density at radius 3 is 3.00 bits per heavy atom. The van der Waals surface area contributed by atoms with Gasteiger partial charge in [-0.3, -0.25) is 4.79 Å². The summed E-state index contributed by atoms with van der Waals surface area (Å²) in [5.74, 6) is 1.32. The van der Waals surface area contributed by atoms with Crippen LogP contribution in [0.15, 0.2) is 59.3 Å². The minimum absolute atomic E-state index is 0.0206. The van der Waals surface area contributed by atoms with Crippen molar-refractivity contribution in [3.63, 3.8) is 0 Å². The molecule has 6 heteroatoms. The average molecular weight is 386 g/mol. The van der Waals surface area contributed by atoms with Gasteiger partial charge in [-0.1, -0.05) is 53.2 Å². The summed E-state index contributed by atoms with van der Waals surface area (Å²) < 4.78 is 5.50. The van der Waals surface area contributed by atoms with Crippen LogP contribution in [0, 0.1) is 6.92 Å². The van der Waals surface area contributed by atoms with Crippen molar-refractivity contribution in [2.45, 2.75) is 32.2 Å². The molecule has 0 aliphatic carbocycles. The summed E-state index contributed by atoms with van der Waals surface area (Å²) in [7, 11) is 0. The van der Waals surface area contributed by atoms with Crippen LogP contribution in [0.4, 0.5) is 0 Å². The highest BCUT2D eigenvalue weighted by molar-refractivity contribution is 5.83. The van der Waals surface area contributed by atoms with Crippen molar-refractivity contribution in [2.24, 2.45) is 0 Å². The van der Waals surface area contributed by atoms with Crippen LogP contribution in [0.3, 0.4) is 0 Å². The maximum absolute atomic E-state index is 12.5. The molecule has 1 atom stereocenters. The molecular weight excluding hydrogens is 364 g/mol. The summed E-state index contributed by atoms with van der Waals surface area (Å²) in [6.45, 7) is 3.31. The molecule has 29 heavy (non-hydrogen) atoms. The summed E-state index contributed by atoms with van der Waals surface area (Å²) in [5, 5.41) is 5.33. The molecule has 4 aromatic rings. The molecule has 3 heterocycles. The Morgan fingerprint density at radius 2 is 2.10 bits per heavy atom. The van der Waals surface area contributed by atoms with Gasteiger partial charge in [0.2, 0.25) is 11.8 Å². The molecule has 6 nitrogen and oxygen atoms in total. The Labute approximate surface area is 168 Å². The van der Waals surface area contributed by atoms with Gasteiger partial charge in [-0.2, -0.15) is 4.98 Å². The summed E-state index contributed by atoms with van der Waals surface area (Å²) in [5.41, 5.74) is 4.56. The lowest BCUT2D eigenvalue weighted by Gasteiger charge is -2.16. The van der Waals surface area contributed by atoms with E-state index in [1.165, 1.54) is 5.56 Å². The van der Waals surface area contributed by atoms with Crippen LogP contribution in [0.1, 0.15) is 40.7 Å². The van der Waals surface area contributed by atoms with Gasteiger partial charge < -0.3 is 14.4 Å². The molecule has 1 amide bonds. The maximum Gasteiger partial charge on any atom is 0.231 e. The highest BCUT2D eigenvalue weighted by atomic mass is 16.5. The third-order valence-electron chi connectivity index (χ3n) is 5.54. The number of aromatic amines is 1. The van der Waals surface area contributed by atoms with Crippen LogP contribution in [-0.2, 0) is 17.8 Å². The summed E-state index contributed by atoms with van der Waals surface area (Å²) in [4.78, 5) is 22.2. The smallest absolute Gasteiger partial charge is 0.231 e. The first-order valence-corrected chi connectivity index (χ1v) is 9.86. The van der Waals surface area contributed by atoms with E-state index in [-0.39, 0.29) is 11.8 Å². The number of aromatic nitrogens is 3. The van der Waals surface area contributed by atoms with Gasteiger partial charge in [0, 0.05) is 42.5 Å². The zero-order valence-corrected chi connectivity index (χ0v) is 16.3. The van der Waals surface area contributed by atoms with Gasteiger partial charge in [-0.25, -0.2) is 0 Å². The van der Waals surface area contributed by atoms with Crippen LogP contribution in [0.25, 0.3) is 10.9 Å². The number of likely N-dealkylation sites (tertiary alicyclic amines) is 1. The van der Waals surface area contributed by atoms with Gasteiger partial charge in [0.1, 0.15) is 0 Å². The van der Waals surface area contributed by atoms with Gasteiger partial charge in [0.25, 0.3) is 0 Å². The van der Waals surface area contributed by atoms with Gasteiger partial charge in [-0.15, -0.1) is 0 Å². The van der Waals surface area contributed by atoms with Crippen molar-refractivity contribution in [1.82, 2.24) is 20.0 Å². The van der Waals surface area contributed by atoms with E-state index in [1.54, 1.807) is 0 Å². The average Bonchev–Trinajstić information content (AvgIpc) is 3.43. The van der Waals surface area contributed by atoms with Gasteiger partial charge in [0.05, 0.1) is 6.42 Å². The van der Waals surface area contributed by atoms with Gasteiger partial charge in [0.15, 0.2) is 5.82 Å². The van der Waals surface area contributed by atoms with E-state index in [4.69, 9.17) is 4.52 Å². The van der Waals surface area contributed by atoms with E-state index in [1.807, 2.05) is 35.4 Å². The SMILES string of the molecule is Cc1cccc(CN2CC(c3noc(Cc4c[nH]c5ccccc45)n3)CC2=O)c1. The lowest BCUT2D eigenvalue weighted by atomic mass is 10.1. The van der Waals surface area contributed by atoms with Crippen molar-refractivity contribution >= 4 is 16.8 Å². The number of fused-ring (bicyclic) bond motifs is 1. The molecule has 0 spiro atoms. The Bertz CT molecular complexity index is 1180. The number of carbonyl (C=O) groups excluding carboxylic acids is 1. The number of benzene rings is 2. The molecule has 1 aliphatic heterocycles. The van der Waals surface area contributed by atoms with Crippen molar-refractivity contribution < 1.29 is 9.32 Å². The molecule has 1 unspecified atom stereocenters. The molecule has 2 aromatic carbocycles. The molecule has 146 valence electrons. The normalized spacial score (nSPS) is 16.8. The second-order valence-electron chi connectivity index (χ2n) is 7.75. The molecule has 1 saturated heterocycles. The zero-order valence-electron chi connectivity index (χ0n) is 16.3. The number of hydrogen-bond acceptors (Lipinski definition) is 4. The molecule has 0 radical (unpaired) electrons. The predicted octanol–water partition coefficient (Wildman–Crippen LogP) is 3.97. The quantitative estimate of drug-likeness (QED) is 0.563. The van der Waals surface area contributed by atoms with E-state index in [2.05, 4.69) is 46.3 Å². The number of amides is 1. The minimum Gasteiger partial charge on any atom is -0.361 e. The first-order valence-electron chi connectivity index (χ1n) is 9.86. The number of hydrogen-bond donors (Lipinski definition) is 1. The Hall–Kier alpha value is -3.41. The zero-order chi connectivity index (χ0) is 19.8. The minimum atomic E-state index is -0.0206. The lowest BCUT2D eigenvalue weighted by molar-refractivity contribution is -0.128. The fourth-order valence-electron chi connectivity index (χ4n) is 4.08. The molecule has 1 aliphatic rings. The lowest BCUT2D eigenvalue weighted by Crippen LogP contribution is -2.24. The highest BCUT2D eigenvalue weighted by Crippen LogP contribution is 2.28. The number of carbonyl (C=O) groups is 1. The van der Waals surface area contributed by atoms with Crippen molar-refractivity contribution in [2.75, 3.05) is 6.54 Å². The van der Waals surface area contributed by atoms with Crippen LogP contribution < -0.4 is 0 Å². The molecule has 1 N–H and O–H groups in total. The topological polar surface area (TPSA) is 75.0 Å². The van der Waals surface area contributed by atoms with Crippen molar-refractivity contribution in [3.05, 3.63) is 83.1 Å². The number of nitrogens with zero attached hydrogens (tertiary/aromatic N) is 3. The van der Waals surface area contributed by atoms with Crippen LogP contribution in [0.5, 0.6) is 0 Å². The molecular formula is C23H22N4O2. The van der Waals surface area contributed by atoms with E-state index < -0.39 is 0 Å². The second-order valence-corrected chi connectivity index (χ2v) is 7.75. The van der Waals surface area contributed by atoms with E-state index in [0.717, 1.165) is 22.0 Å². The number of nitrogens with one attached hydrogen (secondary N) is 1. The van der Waals surface area contributed by atoms with Gasteiger partial charge >= 0.3 is 0 Å². The second kappa shape index (κ2) is 7.20. The first kappa shape index (κ1) is 17.7. The molecule has 1 fully saturated rings. The summed E-state index contributed by atoms with van der Waals surface area (Å²) in [6, 6.07) is 16.4. The highest BCUT2D eigenvalue weighted by Gasteiger charge is 2.33. The van der Waals surface area contributed by atoms with Crippen LogP contribution in [0.2, 0.25) is 0 Å².